The zero-order chi connectivity index (χ0) is 25.8. The van der Waals surface area contributed by atoms with Gasteiger partial charge < -0.3 is 19.4 Å². The van der Waals surface area contributed by atoms with Crippen LogP contribution in [0, 0.1) is 6.92 Å². The SMILES string of the molecule is COc1nccc(C)c1-c1nc2cc3c(cc2[nH]1)C(=O)N(C1CCN(C(=O)OC(C)(C)C)CC1)C3=O. The average molecular weight is 492 g/mol. The zero-order valence-electron chi connectivity index (χ0n) is 21.0. The molecule has 0 radical (unpaired) electrons. The maximum Gasteiger partial charge on any atom is 0.410 e. The number of hydrogen-bond acceptors (Lipinski definition) is 7. The summed E-state index contributed by atoms with van der Waals surface area (Å²) < 4.78 is 10.8. The fraction of sp³-hybridized carbons (Fsp3) is 0.423. The Kier molecular flexibility index (Phi) is 5.69. The van der Waals surface area contributed by atoms with Crippen LogP contribution in [0.2, 0.25) is 0 Å². The van der Waals surface area contributed by atoms with Crippen LogP contribution in [0.15, 0.2) is 24.4 Å². The van der Waals surface area contributed by atoms with E-state index < -0.39 is 5.60 Å². The first-order valence-corrected chi connectivity index (χ1v) is 12.0. The first-order valence-electron chi connectivity index (χ1n) is 12.0. The molecule has 3 aromatic rings. The van der Waals surface area contributed by atoms with Crippen molar-refractivity contribution in [1.82, 2.24) is 24.8 Å². The number of methoxy groups -OCH3 is 1. The van der Waals surface area contributed by atoms with E-state index in [9.17, 15) is 14.4 Å². The minimum atomic E-state index is -0.575. The second-order valence-corrected chi connectivity index (χ2v) is 10.2. The number of aryl methyl sites for hydroxylation is 1. The minimum Gasteiger partial charge on any atom is -0.480 e. The monoisotopic (exact) mass is 491 g/mol. The van der Waals surface area contributed by atoms with Gasteiger partial charge in [0.2, 0.25) is 5.88 Å². The molecule has 0 atom stereocenters. The van der Waals surface area contributed by atoms with Gasteiger partial charge in [0.1, 0.15) is 11.4 Å². The van der Waals surface area contributed by atoms with Crippen LogP contribution in [0.25, 0.3) is 22.4 Å². The van der Waals surface area contributed by atoms with Crippen LogP contribution in [0.4, 0.5) is 4.79 Å². The van der Waals surface area contributed by atoms with Gasteiger partial charge in [0, 0.05) is 25.3 Å². The molecule has 1 saturated heterocycles. The lowest BCUT2D eigenvalue weighted by Gasteiger charge is -2.36. The Morgan fingerprint density at radius 1 is 1.11 bits per heavy atom. The van der Waals surface area contributed by atoms with Gasteiger partial charge in [-0.25, -0.2) is 14.8 Å². The van der Waals surface area contributed by atoms with Crippen molar-refractivity contribution in [3.8, 4) is 17.3 Å². The van der Waals surface area contributed by atoms with Crippen molar-refractivity contribution >= 4 is 28.9 Å². The summed E-state index contributed by atoms with van der Waals surface area (Å²) in [6.45, 7) is 8.25. The third-order valence-electron chi connectivity index (χ3n) is 6.56. The molecule has 1 aromatic carbocycles. The second kappa shape index (κ2) is 8.61. The highest BCUT2D eigenvalue weighted by atomic mass is 16.6. The van der Waals surface area contributed by atoms with Gasteiger partial charge in [0.25, 0.3) is 11.8 Å². The third kappa shape index (κ3) is 4.06. The van der Waals surface area contributed by atoms with E-state index in [4.69, 9.17) is 9.47 Å². The fourth-order valence-corrected chi connectivity index (χ4v) is 4.82. The van der Waals surface area contributed by atoms with E-state index >= 15 is 0 Å². The van der Waals surface area contributed by atoms with Gasteiger partial charge in [0.15, 0.2) is 0 Å². The molecule has 0 unspecified atom stereocenters. The van der Waals surface area contributed by atoms with Crippen LogP contribution >= 0.6 is 0 Å². The number of carbonyl (C=O) groups is 3. The number of pyridine rings is 1. The Morgan fingerprint density at radius 2 is 1.78 bits per heavy atom. The molecule has 5 rings (SSSR count). The summed E-state index contributed by atoms with van der Waals surface area (Å²) in [5.41, 5.74) is 3.02. The van der Waals surface area contributed by atoms with Crippen molar-refractivity contribution in [1.29, 1.82) is 0 Å². The van der Waals surface area contributed by atoms with Crippen LogP contribution in [-0.4, -0.2) is 74.5 Å². The average Bonchev–Trinajstić information content (AvgIpc) is 3.34. The van der Waals surface area contributed by atoms with E-state index in [0.29, 0.717) is 59.8 Å². The number of aromatic nitrogens is 3. The molecular weight excluding hydrogens is 462 g/mol. The highest BCUT2D eigenvalue weighted by Crippen LogP contribution is 2.34. The number of rotatable bonds is 3. The molecule has 0 spiro atoms. The molecular formula is C26H29N5O5. The number of nitrogens with one attached hydrogen (secondary N) is 1. The van der Waals surface area contributed by atoms with Crippen LogP contribution in [0.3, 0.4) is 0 Å². The molecule has 4 heterocycles. The highest BCUT2D eigenvalue weighted by Gasteiger charge is 2.42. The van der Waals surface area contributed by atoms with Crippen LogP contribution < -0.4 is 4.74 Å². The van der Waals surface area contributed by atoms with Gasteiger partial charge in [-0.3, -0.25) is 14.5 Å². The highest BCUT2D eigenvalue weighted by molar-refractivity contribution is 6.23. The molecule has 188 valence electrons. The third-order valence-corrected chi connectivity index (χ3v) is 6.56. The Morgan fingerprint density at radius 3 is 2.42 bits per heavy atom. The molecule has 2 aliphatic heterocycles. The molecule has 3 amide bonds. The standard InChI is InChI=1S/C26H29N5O5/c1-14-6-9-27-22(35-5)20(14)21-28-18-12-16-17(13-19(18)29-21)24(33)31(23(16)32)15-7-10-30(11-8-15)25(34)36-26(2,3)4/h6,9,12-13,15H,7-8,10-11H2,1-5H3,(H,28,29). The van der Waals surface area contributed by atoms with E-state index in [1.165, 1.54) is 4.90 Å². The Hall–Kier alpha value is -3.95. The van der Waals surface area contributed by atoms with E-state index in [1.807, 2.05) is 33.8 Å². The van der Waals surface area contributed by atoms with Crippen molar-refractivity contribution in [2.75, 3.05) is 20.2 Å². The van der Waals surface area contributed by atoms with Crippen LogP contribution in [0.1, 0.15) is 59.9 Å². The molecule has 1 fully saturated rings. The van der Waals surface area contributed by atoms with Crippen molar-refractivity contribution in [2.45, 2.75) is 52.2 Å². The first kappa shape index (κ1) is 23.8. The maximum absolute atomic E-state index is 13.3. The van der Waals surface area contributed by atoms with Gasteiger partial charge in [-0.05, 0) is 64.3 Å². The lowest BCUT2D eigenvalue weighted by atomic mass is 10.0. The molecule has 1 N–H and O–H groups in total. The number of ether oxygens (including phenoxy) is 2. The molecule has 36 heavy (non-hydrogen) atoms. The normalized spacial score (nSPS) is 16.6. The van der Waals surface area contributed by atoms with E-state index in [0.717, 1.165) is 11.1 Å². The number of H-pyrrole nitrogens is 1. The van der Waals surface area contributed by atoms with Crippen LogP contribution in [0.5, 0.6) is 5.88 Å². The van der Waals surface area contributed by atoms with E-state index in [2.05, 4.69) is 15.0 Å². The maximum atomic E-state index is 13.3. The minimum absolute atomic E-state index is 0.278. The van der Waals surface area contributed by atoms with E-state index in [1.54, 1.807) is 30.3 Å². The topological polar surface area (TPSA) is 118 Å². The Labute approximate surface area is 208 Å². The fourth-order valence-electron chi connectivity index (χ4n) is 4.82. The number of fused-ring (bicyclic) bond motifs is 2. The number of benzene rings is 1. The van der Waals surface area contributed by atoms with Gasteiger partial charge >= 0.3 is 6.09 Å². The second-order valence-electron chi connectivity index (χ2n) is 10.2. The van der Waals surface area contributed by atoms with Gasteiger partial charge in [-0.1, -0.05) is 0 Å². The molecule has 0 aliphatic carbocycles. The quantitative estimate of drug-likeness (QED) is 0.552. The summed E-state index contributed by atoms with van der Waals surface area (Å²) in [4.78, 5) is 54.2. The number of amides is 3. The van der Waals surface area contributed by atoms with Crippen molar-refractivity contribution in [3.05, 3.63) is 41.1 Å². The van der Waals surface area contributed by atoms with Crippen molar-refractivity contribution in [3.63, 3.8) is 0 Å². The van der Waals surface area contributed by atoms with Gasteiger partial charge in [-0.15, -0.1) is 0 Å². The Balaban J connectivity index is 1.38. The molecule has 2 aliphatic rings. The van der Waals surface area contributed by atoms with Crippen molar-refractivity contribution < 1.29 is 23.9 Å². The predicted molar refractivity (Wildman–Crippen MR) is 132 cm³/mol. The number of piperidine rings is 1. The summed E-state index contributed by atoms with van der Waals surface area (Å²) in [6, 6.07) is 4.94. The smallest absolute Gasteiger partial charge is 0.410 e. The molecule has 2 aromatic heterocycles. The number of hydrogen-bond donors (Lipinski definition) is 1. The number of carbonyl (C=O) groups excluding carboxylic acids is 3. The molecule has 0 saturated carbocycles. The lowest BCUT2D eigenvalue weighted by Crippen LogP contribution is -2.49. The summed E-state index contributed by atoms with van der Waals surface area (Å²) in [7, 11) is 1.55. The van der Waals surface area contributed by atoms with Crippen molar-refractivity contribution in [2.24, 2.45) is 0 Å². The first-order chi connectivity index (χ1) is 17.1. The number of imidazole rings is 1. The predicted octanol–water partition coefficient (Wildman–Crippen LogP) is 3.94. The molecule has 0 bridgehead atoms. The zero-order valence-corrected chi connectivity index (χ0v) is 21.0. The number of imide groups is 1. The number of nitrogens with zero attached hydrogens (tertiary/aromatic N) is 4. The van der Waals surface area contributed by atoms with Gasteiger partial charge in [0.05, 0.1) is 34.8 Å². The number of aromatic amines is 1. The van der Waals surface area contributed by atoms with E-state index in [-0.39, 0.29) is 23.9 Å². The summed E-state index contributed by atoms with van der Waals surface area (Å²) in [5.74, 6) is 0.353. The lowest BCUT2D eigenvalue weighted by molar-refractivity contribution is 0.0156. The number of likely N-dealkylation sites (tertiary alicyclic amines) is 1. The summed E-state index contributed by atoms with van der Waals surface area (Å²) in [6.07, 6.45) is 2.30. The van der Waals surface area contributed by atoms with Crippen LogP contribution in [-0.2, 0) is 4.74 Å². The molecule has 10 nitrogen and oxygen atoms in total. The molecule has 10 heteroatoms. The Bertz CT molecular complexity index is 1330. The summed E-state index contributed by atoms with van der Waals surface area (Å²) in [5, 5.41) is 0. The largest absolute Gasteiger partial charge is 0.480 e. The summed E-state index contributed by atoms with van der Waals surface area (Å²) >= 11 is 0. The van der Waals surface area contributed by atoms with Gasteiger partial charge in [-0.2, -0.15) is 0 Å².